The van der Waals surface area contributed by atoms with Gasteiger partial charge in [-0.05, 0) is 63.6 Å². The highest BCUT2D eigenvalue weighted by molar-refractivity contribution is 9.10. The Hall–Kier alpha value is -2.90. The van der Waals surface area contributed by atoms with E-state index in [2.05, 4.69) is 36.9 Å². The number of nitrogens with one attached hydrogen (secondary N) is 2. The monoisotopic (exact) mass is 452 g/mol. The molecule has 5 nitrogen and oxygen atoms in total. The minimum Gasteiger partial charge on any atom is -0.383 e. The number of aromatic nitrogens is 1. The summed E-state index contributed by atoms with van der Waals surface area (Å²) in [6.45, 7) is 1.98. The van der Waals surface area contributed by atoms with Gasteiger partial charge in [0.15, 0.2) is 0 Å². The smallest absolute Gasteiger partial charge is 0.323 e. The lowest BCUT2D eigenvalue weighted by Crippen LogP contribution is -2.19. The first-order valence-electron chi connectivity index (χ1n) is 8.57. The number of pyridine rings is 1. The number of hydrogen-bond donors (Lipinski definition) is 3. The molecular formula is C21H17BrN4OS. The average Bonchev–Trinajstić information content (AvgIpc) is 3.12. The molecule has 0 aliphatic rings. The molecule has 2 amide bonds. The van der Waals surface area contributed by atoms with Crippen molar-refractivity contribution in [3.05, 3.63) is 70.1 Å². The summed E-state index contributed by atoms with van der Waals surface area (Å²) in [7, 11) is 0. The maximum Gasteiger partial charge on any atom is 0.323 e. The highest BCUT2D eigenvalue weighted by Crippen LogP contribution is 2.40. The molecule has 4 aromatic rings. The number of nitrogen functional groups attached to an aromatic ring is 1. The third-order valence-corrected chi connectivity index (χ3v) is 6.19. The van der Waals surface area contributed by atoms with Gasteiger partial charge in [-0.1, -0.05) is 24.3 Å². The van der Waals surface area contributed by atoms with E-state index in [1.807, 2.05) is 55.5 Å². The number of carbonyl (C=O) groups is 1. The maximum absolute atomic E-state index is 12.2. The predicted octanol–water partition coefficient (Wildman–Crippen LogP) is 6.26. The fourth-order valence-corrected chi connectivity index (χ4v) is 4.57. The van der Waals surface area contributed by atoms with E-state index >= 15 is 0 Å². The molecule has 7 heteroatoms. The zero-order valence-corrected chi connectivity index (χ0v) is 17.4. The Morgan fingerprint density at radius 1 is 1.11 bits per heavy atom. The molecule has 0 bridgehead atoms. The fourth-order valence-electron chi connectivity index (χ4n) is 3.00. The molecule has 2 aromatic heterocycles. The van der Waals surface area contributed by atoms with Crippen LogP contribution in [0.3, 0.4) is 0 Å². The highest BCUT2D eigenvalue weighted by Gasteiger charge is 2.13. The van der Waals surface area contributed by atoms with E-state index in [0.29, 0.717) is 11.5 Å². The van der Waals surface area contributed by atoms with Crippen molar-refractivity contribution in [2.75, 3.05) is 16.4 Å². The molecule has 140 valence electrons. The number of hydrogen-bond acceptors (Lipinski definition) is 4. The van der Waals surface area contributed by atoms with Crippen LogP contribution in [0.25, 0.3) is 21.2 Å². The van der Waals surface area contributed by atoms with E-state index < -0.39 is 0 Å². The third-order valence-electron chi connectivity index (χ3n) is 4.31. The molecule has 0 saturated heterocycles. The zero-order valence-electron chi connectivity index (χ0n) is 15.0. The van der Waals surface area contributed by atoms with Crippen molar-refractivity contribution >= 4 is 60.6 Å². The SMILES string of the molecule is Cc1cccc(NC(=O)Nc2ccc(-c3csc4c(Br)cnc(N)c34)cc2)c1. The summed E-state index contributed by atoms with van der Waals surface area (Å²) in [5.41, 5.74) is 10.7. The minimum absolute atomic E-state index is 0.281. The van der Waals surface area contributed by atoms with Crippen LogP contribution < -0.4 is 16.4 Å². The Kier molecular flexibility index (Phi) is 5.02. The van der Waals surface area contributed by atoms with Crippen molar-refractivity contribution in [3.8, 4) is 11.1 Å². The number of nitrogens with zero attached hydrogens (tertiary/aromatic N) is 1. The molecule has 0 radical (unpaired) electrons. The van der Waals surface area contributed by atoms with Gasteiger partial charge >= 0.3 is 6.03 Å². The van der Waals surface area contributed by atoms with Crippen molar-refractivity contribution in [3.63, 3.8) is 0 Å². The van der Waals surface area contributed by atoms with Crippen LogP contribution in [0.1, 0.15) is 5.56 Å². The van der Waals surface area contributed by atoms with Crippen molar-refractivity contribution < 1.29 is 4.79 Å². The van der Waals surface area contributed by atoms with E-state index in [-0.39, 0.29) is 6.03 Å². The Balaban J connectivity index is 1.53. The molecule has 0 spiro atoms. The largest absolute Gasteiger partial charge is 0.383 e. The topological polar surface area (TPSA) is 80.0 Å². The first kappa shape index (κ1) is 18.5. The van der Waals surface area contributed by atoms with Crippen LogP contribution in [-0.4, -0.2) is 11.0 Å². The molecule has 0 aliphatic heterocycles. The molecular weight excluding hydrogens is 436 g/mol. The molecule has 0 aliphatic carbocycles. The van der Waals surface area contributed by atoms with Crippen molar-refractivity contribution in [2.24, 2.45) is 0 Å². The number of thiophene rings is 1. The second-order valence-electron chi connectivity index (χ2n) is 6.37. The van der Waals surface area contributed by atoms with Crippen molar-refractivity contribution in [1.29, 1.82) is 0 Å². The van der Waals surface area contributed by atoms with Crippen LogP contribution in [0.15, 0.2) is 64.6 Å². The summed E-state index contributed by atoms with van der Waals surface area (Å²) in [6, 6.07) is 15.0. The Labute approximate surface area is 174 Å². The number of rotatable bonds is 3. The lowest BCUT2D eigenvalue weighted by molar-refractivity contribution is 0.262. The second kappa shape index (κ2) is 7.61. The Morgan fingerprint density at radius 3 is 2.61 bits per heavy atom. The van der Waals surface area contributed by atoms with Crippen LogP contribution in [0.4, 0.5) is 22.0 Å². The van der Waals surface area contributed by atoms with E-state index in [9.17, 15) is 4.79 Å². The van der Waals surface area contributed by atoms with E-state index in [4.69, 9.17) is 5.73 Å². The molecule has 4 rings (SSSR count). The first-order chi connectivity index (χ1) is 13.5. The normalized spacial score (nSPS) is 10.8. The van der Waals surface area contributed by atoms with Crippen LogP contribution >= 0.6 is 27.3 Å². The molecule has 2 heterocycles. The van der Waals surface area contributed by atoms with Gasteiger partial charge in [-0.2, -0.15) is 0 Å². The van der Waals surface area contributed by atoms with Gasteiger partial charge in [0.2, 0.25) is 0 Å². The van der Waals surface area contributed by atoms with Gasteiger partial charge in [0.25, 0.3) is 0 Å². The van der Waals surface area contributed by atoms with E-state index in [1.54, 1.807) is 17.5 Å². The summed E-state index contributed by atoms with van der Waals surface area (Å²) in [5.74, 6) is 0.509. The number of nitrogens with two attached hydrogens (primary N) is 1. The first-order valence-corrected chi connectivity index (χ1v) is 10.2. The van der Waals surface area contributed by atoms with Crippen molar-refractivity contribution in [1.82, 2.24) is 4.98 Å². The molecule has 4 N–H and O–H groups in total. The van der Waals surface area contributed by atoms with Crippen LogP contribution in [-0.2, 0) is 0 Å². The maximum atomic E-state index is 12.2. The van der Waals surface area contributed by atoms with Crippen LogP contribution in [0.2, 0.25) is 0 Å². The number of benzene rings is 2. The lowest BCUT2D eigenvalue weighted by atomic mass is 10.0. The van der Waals surface area contributed by atoms with Gasteiger partial charge in [-0.15, -0.1) is 11.3 Å². The number of amides is 2. The van der Waals surface area contributed by atoms with Crippen LogP contribution in [0.5, 0.6) is 0 Å². The molecule has 28 heavy (non-hydrogen) atoms. The quantitative estimate of drug-likeness (QED) is 0.343. The fraction of sp³-hybridized carbons (Fsp3) is 0.0476. The molecule has 0 atom stereocenters. The number of fused-ring (bicyclic) bond motifs is 1. The summed E-state index contributed by atoms with van der Waals surface area (Å²) in [4.78, 5) is 16.5. The van der Waals surface area contributed by atoms with Gasteiger partial charge < -0.3 is 16.4 Å². The van der Waals surface area contributed by atoms with E-state index in [0.717, 1.165) is 36.9 Å². The van der Waals surface area contributed by atoms with Crippen LogP contribution in [0, 0.1) is 6.92 Å². The number of anilines is 3. The molecule has 0 unspecified atom stereocenters. The number of urea groups is 1. The zero-order chi connectivity index (χ0) is 19.7. The standard InChI is InChI=1S/C21H17BrN4OS/c1-12-3-2-4-15(9-12)26-21(27)25-14-7-5-13(6-8-14)16-11-28-19-17(22)10-24-20(23)18(16)19/h2-11H,1H3,(H2,23,24)(H2,25,26,27). The molecule has 0 saturated carbocycles. The number of halogens is 1. The van der Waals surface area contributed by atoms with Crippen molar-refractivity contribution in [2.45, 2.75) is 6.92 Å². The lowest BCUT2D eigenvalue weighted by Gasteiger charge is -2.09. The summed E-state index contributed by atoms with van der Waals surface area (Å²) in [5, 5.41) is 8.69. The van der Waals surface area contributed by atoms with Gasteiger partial charge in [0, 0.05) is 28.5 Å². The van der Waals surface area contributed by atoms with E-state index in [1.165, 1.54) is 0 Å². The Morgan fingerprint density at radius 2 is 1.86 bits per heavy atom. The highest BCUT2D eigenvalue weighted by atomic mass is 79.9. The summed E-state index contributed by atoms with van der Waals surface area (Å²) < 4.78 is 2.00. The van der Waals surface area contributed by atoms with Gasteiger partial charge in [0.05, 0.1) is 9.17 Å². The number of carbonyl (C=O) groups excluding carboxylic acids is 1. The summed E-state index contributed by atoms with van der Waals surface area (Å²) >= 11 is 5.15. The third kappa shape index (κ3) is 3.72. The molecule has 2 aromatic carbocycles. The average molecular weight is 453 g/mol. The van der Waals surface area contributed by atoms with Gasteiger partial charge in [-0.3, -0.25) is 0 Å². The second-order valence-corrected chi connectivity index (χ2v) is 8.10. The molecule has 0 fully saturated rings. The minimum atomic E-state index is -0.281. The number of aryl methyl sites for hydroxylation is 1. The summed E-state index contributed by atoms with van der Waals surface area (Å²) in [6.07, 6.45) is 1.72. The Bertz CT molecular complexity index is 1170. The predicted molar refractivity (Wildman–Crippen MR) is 121 cm³/mol. The van der Waals surface area contributed by atoms with Gasteiger partial charge in [-0.25, -0.2) is 9.78 Å². The van der Waals surface area contributed by atoms with Gasteiger partial charge in [0.1, 0.15) is 5.82 Å².